The minimum atomic E-state index is -0.779. The highest BCUT2D eigenvalue weighted by atomic mass is 16.4. The molecule has 2 aromatic rings. The van der Waals surface area contributed by atoms with Gasteiger partial charge in [-0.2, -0.15) is 0 Å². The lowest BCUT2D eigenvalue weighted by molar-refractivity contribution is -0.147. The van der Waals surface area contributed by atoms with Gasteiger partial charge >= 0.3 is 11.7 Å². The van der Waals surface area contributed by atoms with E-state index in [1.807, 2.05) is 31.2 Å². The van der Waals surface area contributed by atoms with Crippen molar-refractivity contribution in [1.29, 1.82) is 0 Å². The van der Waals surface area contributed by atoms with Crippen LogP contribution in [0.1, 0.15) is 30.5 Å². The third-order valence-corrected chi connectivity index (χ3v) is 4.23. The number of benzene rings is 1. The first-order chi connectivity index (χ1) is 9.54. The zero-order chi connectivity index (χ0) is 14.3. The molecule has 1 aromatic heterocycles. The van der Waals surface area contributed by atoms with E-state index in [1.54, 1.807) is 10.8 Å². The highest BCUT2D eigenvalue weighted by Crippen LogP contribution is 2.44. The molecule has 3 rings (SSSR count). The Morgan fingerprint density at radius 1 is 1.40 bits per heavy atom. The Labute approximate surface area is 115 Å². The number of imidazole rings is 1. The summed E-state index contributed by atoms with van der Waals surface area (Å²) in [6, 6.07) is 7.28. The maximum absolute atomic E-state index is 11.8. The molecular formula is C15H16N2O3. The van der Waals surface area contributed by atoms with Crippen molar-refractivity contribution in [3.63, 3.8) is 0 Å². The van der Waals surface area contributed by atoms with E-state index in [2.05, 4.69) is 4.98 Å². The molecule has 0 unspecified atom stereocenters. The van der Waals surface area contributed by atoms with Gasteiger partial charge in [0.25, 0.3) is 0 Å². The van der Waals surface area contributed by atoms with E-state index in [-0.39, 0.29) is 5.69 Å². The van der Waals surface area contributed by atoms with E-state index in [0.717, 1.165) is 17.7 Å². The fourth-order valence-corrected chi connectivity index (χ4v) is 2.88. The Hall–Kier alpha value is -2.30. The predicted octanol–water partition coefficient (Wildman–Crippen LogP) is 1.98. The van der Waals surface area contributed by atoms with Crippen molar-refractivity contribution >= 4 is 5.97 Å². The van der Waals surface area contributed by atoms with E-state index in [9.17, 15) is 14.7 Å². The maximum Gasteiger partial charge on any atom is 0.330 e. The van der Waals surface area contributed by atoms with Crippen molar-refractivity contribution in [1.82, 2.24) is 9.55 Å². The van der Waals surface area contributed by atoms with E-state index in [0.29, 0.717) is 18.5 Å². The molecule has 0 aliphatic heterocycles. The second-order valence-electron chi connectivity index (χ2n) is 5.36. The lowest BCUT2D eigenvalue weighted by atomic mass is 9.64. The maximum atomic E-state index is 11.8. The van der Waals surface area contributed by atoms with Crippen LogP contribution in [-0.4, -0.2) is 20.6 Å². The van der Waals surface area contributed by atoms with Crippen LogP contribution in [0.4, 0.5) is 0 Å². The number of aromatic amines is 1. The van der Waals surface area contributed by atoms with Gasteiger partial charge in [-0.1, -0.05) is 18.6 Å². The molecule has 5 nitrogen and oxygen atoms in total. The SMILES string of the molecule is Cc1c[nH]c(=O)n1-c1cccc(C2(C(=O)O)CCC2)c1. The van der Waals surface area contributed by atoms with Gasteiger partial charge in [-0.05, 0) is 37.5 Å². The number of nitrogens with one attached hydrogen (secondary N) is 1. The Kier molecular flexibility index (Phi) is 2.78. The second kappa shape index (κ2) is 4.37. The van der Waals surface area contributed by atoms with Gasteiger partial charge in [0.1, 0.15) is 0 Å². The van der Waals surface area contributed by atoms with Crippen LogP contribution in [0.3, 0.4) is 0 Å². The summed E-state index contributed by atoms with van der Waals surface area (Å²) in [4.78, 5) is 26.0. The van der Waals surface area contributed by atoms with Crippen LogP contribution >= 0.6 is 0 Å². The molecule has 0 atom stereocenters. The molecule has 0 spiro atoms. The van der Waals surface area contributed by atoms with Gasteiger partial charge in [-0.15, -0.1) is 0 Å². The first-order valence-electron chi connectivity index (χ1n) is 6.66. The predicted molar refractivity (Wildman–Crippen MR) is 74.3 cm³/mol. The molecule has 20 heavy (non-hydrogen) atoms. The minimum absolute atomic E-state index is 0.211. The Balaban J connectivity index is 2.11. The zero-order valence-corrected chi connectivity index (χ0v) is 11.2. The molecule has 0 amide bonds. The van der Waals surface area contributed by atoms with E-state index >= 15 is 0 Å². The number of carbonyl (C=O) groups is 1. The van der Waals surface area contributed by atoms with Crippen molar-refractivity contribution < 1.29 is 9.90 Å². The Bertz CT molecular complexity index is 723. The van der Waals surface area contributed by atoms with E-state index in [4.69, 9.17) is 0 Å². The summed E-state index contributed by atoms with van der Waals surface area (Å²) < 4.78 is 1.55. The quantitative estimate of drug-likeness (QED) is 0.897. The van der Waals surface area contributed by atoms with Crippen LogP contribution in [0, 0.1) is 6.92 Å². The van der Waals surface area contributed by atoms with Crippen LogP contribution in [0.15, 0.2) is 35.3 Å². The largest absolute Gasteiger partial charge is 0.481 e. The number of nitrogens with zero attached hydrogens (tertiary/aromatic N) is 1. The topological polar surface area (TPSA) is 75.1 Å². The van der Waals surface area contributed by atoms with Gasteiger partial charge in [0.15, 0.2) is 0 Å². The van der Waals surface area contributed by atoms with E-state index in [1.165, 1.54) is 0 Å². The Morgan fingerprint density at radius 2 is 2.15 bits per heavy atom. The molecule has 104 valence electrons. The van der Waals surface area contributed by atoms with Gasteiger partial charge in [0.05, 0.1) is 11.1 Å². The summed E-state index contributed by atoms with van der Waals surface area (Å²) in [5.74, 6) is -0.779. The van der Waals surface area contributed by atoms with Crippen LogP contribution < -0.4 is 5.69 Å². The first-order valence-corrected chi connectivity index (χ1v) is 6.66. The molecule has 1 aliphatic carbocycles. The third kappa shape index (κ3) is 1.70. The van der Waals surface area contributed by atoms with Crippen molar-refractivity contribution in [2.45, 2.75) is 31.6 Å². The van der Waals surface area contributed by atoms with Crippen molar-refractivity contribution in [2.75, 3.05) is 0 Å². The number of aliphatic carboxylic acids is 1. The monoisotopic (exact) mass is 272 g/mol. The molecule has 1 aliphatic rings. The lowest BCUT2D eigenvalue weighted by Gasteiger charge is -2.38. The number of rotatable bonds is 3. The molecule has 0 radical (unpaired) electrons. The summed E-state index contributed by atoms with van der Waals surface area (Å²) in [6.45, 7) is 1.83. The van der Waals surface area contributed by atoms with Crippen molar-refractivity contribution in [3.8, 4) is 5.69 Å². The standard InChI is InChI=1S/C15H16N2O3/c1-10-9-16-14(20)17(10)12-5-2-4-11(8-12)15(13(18)19)6-3-7-15/h2,4-5,8-9H,3,6-7H2,1H3,(H,16,20)(H,18,19). The molecule has 5 heteroatoms. The van der Waals surface area contributed by atoms with Gasteiger partial charge < -0.3 is 10.1 Å². The fraction of sp³-hybridized carbons (Fsp3) is 0.333. The van der Waals surface area contributed by atoms with Crippen LogP contribution in [0.2, 0.25) is 0 Å². The van der Waals surface area contributed by atoms with Crippen LogP contribution in [0.25, 0.3) is 5.69 Å². The second-order valence-corrected chi connectivity index (χ2v) is 5.36. The van der Waals surface area contributed by atoms with Crippen molar-refractivity contribution in [3.05, 3.63) is 52.2 Å². The smallest absolute Gasteiger partial charge is 0.330 e. The molecule has 1 heterocycles. The number of carboxylic acids is 1. The average molecular weight is 272 g/mol. The first kappa shape index (κ1) is 12.7. The summed E-state index contributed by atoms with van der Waals surface area (Å²) >= 11 is 0. The van der Waals surface area contributed by atoms with Gasteiger partial charge in [0.2, 0.25) is 0 Å². The summed E-state index contributed by atoms with van der Waals surface area (Å²) in [6.07, 6.45) is 3.89. The van der Waals surface area contributed by atoms with E-state index < -0.39 is 11.4 Å². The molecule has 1 saturated carbocycles. The third-order valence-electron chi connectivity index (χ3n) is 4.23. The normalized spacial score (nSPS) is 16.6. The van der Waals surface area contributed by atoms with Crippen LogP contribution in [0.5, 0.6) is 0 Å². The number of hydrogen-bond acceptors (Lipinski definition) is 2. The zero-order valence-electron chi connectivity index (χ0n) is 11.2. The molecule has 2 N–H and O–H groups in total. The average Bonchev–Trinajstić information content (AvgIpc) is 2.67. The summed E-state index contributed by atoms with van der Waals surface area (Å²) in [5.41, 5.74) is 1.30. The highest BCUT2D eigenvalue weighted by Gasteiger charge is 2.45. The molecule has 1 aromatic carbocycles. The van der Waals surface area contributed by atoms with Crippen molar-refractivity contribution in [2.24, 2.45) is 0 Å². The summed E-state index contributed by atoms with van der Waals surface area (Å²) in [7, 11) is 0. The van der Waals surface area contributed by atoms with Crippen LogP contribution in [-0.2, 0) is 10.2 Å². The highest BCUT2D eigenvalue weighted by molar-refractivity contribution is 5.82. The minimum Gasteiger partial charge on any atom is -0.481 e. The molecule has 0 bridgehead atoms. The number of hydrogen-bond donors (Lipinski definition) is 2. The summed E-state index contributed by atoms with van der Waals surface area (Å²) in [5, 5.41) is 9.49. The molecular weight excluding hydrogens is 256 g/mol. The number of aryl methyl sites for hydroxylation is 1. The molecule has 1 fully saturated rings. The number of H-pyrrole nitrogens is 1. The van der Waals surface area contributed by atoms with Gasteiger partial charge in [0, 0.05) is 11.9 Å². The number of aromatic nitrogens is 2. The number of carboxylic acid groups (broad SMARTS) is 1. The Morgan fingerprint density at radius 3 is 2.65 bits per heavy atom. The lowest BCUT2D eigenvalue weighted by Crippen LogP contribution is -2.42. The molecule has 0 saturated heterocycles. The fourth-order valence-electron chi connectivity index (χ4n) is 2.88. The van der Waals surface area contributed by atoms with Gasteiger partial charge in [-0.3, -0.25) is 9.36 Å². The van der Waals surface area contributed by atoms with Gasteiger partial charge in [-0.25, -0.2) is 4.79 Å².